The van der Waals surface area contributed by atoms with Gasteiger partial charge in [0.05, 0.1) is 11.1 Å². The Balaban J connectivity index is 0.00000144. The number of halogens is 3. The molecule has 0 aliphatic carbocycles. The van der Waals surface area contributed by atoms with Crippen LogP contribution >= 0.6 is 0 Å². The molecule has 0 aromatic heterocycles. The standard InChI is InChI=1S/C9H6BF3NO2.K/c11-10(12,13)5-14-8(15)6-3-1-2-4-7(6)9(14)16;/h1-4H,5H2;/q-1;+1. The predicted octanol–water partition coefficient (Wildman–Crippen LogP) is -1.33. The number of rotatable bonds is 2. The van der Waals surface area contributed by atoms with E-state index in [-0.39, 0.29) is 67.4 Å². The van der Waals surface area contributed by atoms with Crippen LogP contribution in [0.5, 0.6) is 0 Å². The minimum Gasteiger partial charge on any atom is -0.448 e. The summed E-state index contributed by atoms with van der Waals surface area (Å²) in [5.41, 5.74) is 0.0695. The molecule has 1 aromatic carbocycles. The Morgan fingerprint density at radius 2 is 1.41 bits per heavy atom. The molecule has 1 aromatic rings. The summed E-state index contributed by atoms with van der Waals surface area (Å²) in [6.07, 6.45) is -1.48. The average Bonchev–Trinajstić information content (AvgIpc) is 2.43. The van der Waals surface area contributed by atoms with Gasteiger partial charge in [0.2, 0.25) is 0 Å². The summed E-state index contributed by atoms with van der Waals surface area (Å²) < 4.78 is 36.6. The molecule has 0 radical (unpaired) electrons. The van der Waals surface area contributed by atoms with Gasteiger partial charge in [-0.25, -0.2) is 0 Å². The number of benzene rings is 1. The molecule has 2 amide bonds. The average molecular weight is 267 g/mol. The second-order valence-corrected chi connectivity index (χ2v) is 3.48. The fourth-order valence-electron chi connectivity index (χ4n) is 1.61. The van der Waals surface area contributed by atoms with Crippen molar-refractivity contribution in [3.8, 4) is 0 Å². The number of hydrogen-bond donors (Lipinski definition) is 0. The summed E-state index contributed by atoms with van der Waals surface area (Å²) in [7, 11) is 0. The van der Waals surface area contributed by atoms with Gasteiger partial charge in [0.15, 0.2) is 0 Å². The molecular formula is C9H6BF3KNO2. The van der Waals surface area contributed by atoms with E-state index in [0.717, 1.165) is 0 Å². The van der Waals surface area contributed by atoms with Crippen molar-refractivity contribution >= 4 is 18.8 Å². The monoisotopic (exact) mass is 267 g/mol. The Bertz CT molecular complexity index is 443. The van der Waals surface area contributed by atoms with Crippen LogP contribution in [0.2, 0.25) is 0 Å². The Hall–Kier alpha value is -0.149. The molecule has 0 saturated heterocycles. The number of carbonyl (C=O) groups is 2. The third kappa shape index (κ3) is 3.00. The Labute approximate surface area is 138 Å². The van der Waals surface area contributed by atoms with Gasteiger partial charge in [-0.05, 0) is 18.6 Å². The van der Waals surface area contributed by atoms with Crippen molar-refractivity contribution in [1.82, 2.24) is 4.90 Å². The zero-order valence-corrected chi connectivity index (χ0v) is 12.1. The van der Waals surface area contributed by atoms with Gasteiger partial charge in [-0.1, -0.05) is 12.1 Å². The van der Waals surface area contributed by atoms with E-state index in [1.54, 1.807) is 0 Å². The molecule has 0 spiro atoms. The van der Waals surface area contributed by atoms with Gasteiger partial charge in [0.25, 0.3) is 11.8 Å². The molecule has 17 heavy (non-hydrogen) atoms. The van der Waals surface area contributed by atoms with Crippen molar-refractivity contribution in [1.29, 1.82) is 0 Å². The molecule has 0 N–H and O–H groups in total. The molecule has 0 unspecified atom stereocenters. The van der Waals surface area contributed by atoms with Gasteiger partial charge in [0.1, 0.15) is 0 Å². The van der Waals surface area contributed by atoms with E-state index < -0.39 is 25.2 Å². The summed E-state index contributed by atoms with van der Waals surface area (Å²) in [5, 5.41) is 0. The van der Waals surface area contributed by atoms with Crippen LogP contribution in [0.4, 0.5) is 12.9 Å². The normalized spacial score (nSPS) is 14.6. The molecule has 8 heteroatoms. The number of imide groups is 1. The number of fused-ring (bicyclic) bond motifs is 1. The van der Waals surface area contributed by atoms with Crippen molar-refractivity contribution in [2.24, 2.45) is 0 Å². The van der Waals surface area contributed by atoms with Gasteiger partial charge >= 0.3 is 58.4 Å². The van der Waals surface area contributed by atoms with Crippen molar-refractivity contribution in [2.45, 2.75) is 0 Å². The maximum Gasteiger partial charge on any atom is 1.00 e. The Morgan fingerprint density at radius 1 is 1.00 bits per heavy atom. The second kappa shape index (κ2) is 5.23. The molecule has 1 heterocycles. The molecule has 84 valence electrons. The van der Waals surface area contributed by atoms with Crippen LogP contribution in [-0.2, 0) is 0 Å². The van der Waals surface area contributed by atoms with E-state index >= 15 is 0 Å². The van der Waals surface area contributed by atoms with Gasteiger partial charge in [-0.2, -0.15) is 0 Å². The molecular weight excluding hydrogens is 261 g/mol. The SMILES string of the molecule is O=C1c2ccccc2C(=O)N1C[B-](F)(F)F.[K+]. The number of nitrogens with zero attached hydrogens (tertiary/aromatic N) is 1. The maximum absolute atomic E-state index is 12.2. The van der Waals surface area contributed by atoms with E-state index in [9.17, 15) is 22.5 Å². The Kier molecular flexibility index (Phi) is 4.59. The van der Waals surface area contributed by atoms with E-state index in [4.69, 9.17) is 0 Å². The molecule has 2 rings (SSSR count). The van der Waals surface area contributed by atoms with E-state index in [2.05, 4.69) is 0 Å². The van der Waals surface area contributed by atoms with Crippen LogP contribution in [0, 0.1) is 0 Å². The van der Waals surface area contributed by atoms with Crippen molar-refractivity contribution < 1.29 is 73.9 Å². The second-order valence-electron chi connectivity index (χ2n) is 3.48. The summed E-state index contributed by atoms with van der Waals surface area (Å²) in [5.74, 6) is -1.75. The largest absolute Gasteiger partial charge is 1.00 e. The first-order chi connectivity index (χ1) is 7.40. The van der Waals surface area contributed by atoms with Crippen LogP contribution in [0.3, 0.4) is 0 Å². The van der Waals surface area contributed by atoms with E-state index in [0.29, 0.717) is 0 Å². The van der Waals surface area contributed by atoms with E-state index in [1.165, 1.54) is 24.3 Å². The fraction of sp³-hybridized carbons (Fsp3) is 0.111. The van der Waals surface area contributed by atoms with Gasteiger partial charge in [-0.15, -0.1) is 0 Å². The van der Waals surface area contributed by atoms with Crippen LogP contribution < -0.4 is 51.4 Å². The minimum absolute atomic E-state index is 0. The van der Waals surface area contributed by atoms with Crippen LogP contribution in [0.25, 0.3) is 0 Å². The topological polar surface area (TPSA) is 37.4 Å². The molecule has 0 fully saturated rings. The number of carbonyl (C=O) groups excluding carboxylic acids is 2. The fourth-order valence-corrected chi connectivity index (χ4v) is 1.61. The first kappa shape index (κ1) is 14.9. The van der Waals surface area contributed by atoms with Crippen LogP contribution in [0.15, 0.2) is 24.3 Å². The molecule has 0 atom stereocenters. The molecule has 1 aliphatic heterocycles. The van der Waals surface area contributed by atoms with Crippen LogP contribution in [0.1, 0.15) is 20.7 Å². The zero-order chi connectivity index (χ0) is 11.9. The Morgan fingerprint density at radius 3 is 1.76 bits per heavy atom. The van der Waals surface area contributed by atoms with Crippen molar-refractivity contribution in [3.63, 3.8) is 0 Å². The minimum atomic E-state index is -5.20. The third-order valence-corrected chi connectivity index (χ3v) is 2.27. The zero-order valence-electron chi connectivity index (χ0n) is 8.99. The summed E-state index contributed by atoms with van der Waals surface area (Å²) in [6, 6.07) is 5.70. The molecule has 0 saturated carbocycles. The quantitative estimate of drug-likeness (QED) is 0.492. The molecule has 3 nitrogen and oxygen atoms in total. The predicted molar refractivity (Wildman–Crippen MR) is 50.9 cm³/mol. The van der Waals surface area contributed by atoms with E-state index in [1.807, 2.05) is 0 Å². The molecule has 1 aliphatic rings. The van der Waals surface area contributed by atoms with Crippen molar-refractivity contribution in [2.75, 3.05) is 6.44 Å². The van der Waals surface area contributed by atoms with Gasteiger partial charge in [-0.3, -0.25) is 9.59 Å². The first-order valence-corrected chi connectivity index (χ1v) is 4.56. The maximum atomic E-state index is 12.2. The van der Waals surface area contributed by atoms with Gasteiger partial charge < -0.3 is 17.8 Å². The first-order valence-electron chi connectivity index (χ1n) is 4.56. The summed E-state index contributed by atoms with van der Waals surface area (Å²) in [4.78, 5) is 23.2. The number of amides is 2. The smallest absolute Gasteiger partial charge is 0.448 e. The summed E-state index contributed by atoms with van der Waals surface area (Å²) >= 11 is 0. The molecule has 0 bridgehead atoms. The van der Waals surface area contributed by atoms with Crippen molar-refractivity contribution in [3.05, 3.63) is 35.4 Å². The summed E-state index contributed by atoms with van der Waals surface area (Å²) in [6.45, 7) is -5.20. The van der Waals surface area contributed by atoms with Crippen LogP contribution in [-0.4, -0.2) is 30.1 Å². The third-order valence-electron chi connectivity index (χ3n) is 2.27. The number of hydrogen-bond acceptors (Lipinski definition) is 2. The van der Waals surface area contributed by atoms with Gasteiger partial charge in [0, 0.05) is 0 Å².